The van der Waals surface area contributed by atoms with Gasteiger partial charge in [0.25, 0.3) is 0 Å². The van der Waals surface area contributed by atoms with Crippen LogP contribution >= 0.6 is 10.7 Å². The Morgan fingerprint density at radius 2 is 2.25 bits per heavy atom. The summed E-state index contributed by atoms with van der Waals surface area (Å²) in [7, 11) is 3.16. The van der Waals surface area contributed by atoms with Crippen molar-refractivity contribution in [1.29, 1.82) is 0 Å². The van der Waals surface area contributed by atoms with Gasteiger partial charge in [0, 0.05) is 24.4 Å². The molecular formula is C6H11ClO4S. The van der Waals surface area contributed by atoms with E-state index in [-0.39, 0.29) is 0 Å². The van der Waals surface area contributed by atoms with E-state index in [9.17, 15) is 8.42 Å². The third kappa shape index (κ3) is 2.32. The zero-order chi connectivity index (χ0) is 9.19. The summed E-state index contributed by atoms with van der Waals surface area (Å²) in [6.45, 7) is 0.726. The van der Waals surface area contributed by atoms with Gasteiger partial charge in [-0.05, 0) is 6.42 Å². The molecule has 1 aliphatic heterocycles. The van der Waals surface area contributed by atoms with Crippen LogP contribution in [-0.2, 0) is 18.5 Å². The fraction of sp³-hybridized carbons (Fsp3) is 1.00. The second-order valence-electron chi connectivity index (χ2n) is 2.65. The minimum atomic E-state index is -3.52. The van der Waals surface area contributed by atoms with Crippen molar-refractivity contribution in [1.82, 2.24) is 0 Å². The third-order valence-corrected chi connectivity index (χ3v) is 3.86. The van der Waals surface area contributed by atoms with Crippen LogP contribution in [0.1, 0.15) is 6.42 Å². The van der Waals surface area contributed by atoms with Crippen molar-refractivity contribution >= 4 is 19.7 Å². The van der Waals surface area contributed by atoms with E-state index in [4.69, 9.17) is 20.2 Å². The number of hydrogen-bond donors (Lipinski definition) is 0. The van der Waals surface area contributed by atoms with Gasteiger partial charge in [0.15, 0.2) is 0 Å². The van der Waals surface area contributed by atoms with Crippen molar-refractivity contribution < 1.29 is 17.9 Å². The Kier molecular flexibility index (Phi) is 3.34. The first-order chi connectivity index (χ1) is 5.55. The van der Waals surface area contributed by atoms with Crippen LogP contribution in [0.3, 0.4) is 0 Å². The van der Waals surface area contributed by atoms with Gasteiger partial charge in [0.05, 0.1) is 12.7 Å². The van der Waals surface area contributed by atoms with Gasteiger partial charge >= 0.3 is 0 Å². The highest BCUT2D eigenvalue weighted by molar-refractivity contribution is 8.14. The minimum Gasteiger partial charge on any atom is -0.379 e. The monoisotopic (exact) mass is 214 g/mol. The Balaban J connectivity index is 2.72. The van der Waals surface area contributed by atoms with E-state index in [0.29, 0.717) is 19.6 Å². The van der Waals surface area contributed by atoms with Crippen LogP contribution in [0.25, 0.3) is 0 Å². The lowest BCUT2D eigenvalue weighted by Gasteiger charge is -2.27. The number of hydrogen-bond acceptors (Lipinski definition) is 4. The zero-order valence-corrected chi connectivity index (χ0v) is 8.27. The van der Waals surface area contributed by atoms with E-state index in [0.717, 1.165) is 0 Å². The summed E-state index contributed by atoms with van der Waals surface area (Å²) in [5, 5.41) is -0.627. The minimum absolute atomic E-state index is 0.299. The molecule has 6 heteroatoms. The maximum Gasteiger partial charge on any atom is 0.238 e. The Morgan fingerprint density at radius 1 is 1.58 bits per heavy atom. The molecule has 1 heterocycles. The molecule has 0 radical (unpaired) electrons. The van der Waals surface area contributed by atoms with Gasteiger partial charge in [-0.15, -0.1) is 0 Å². The molecule has 1 aliphatic rings. The molecule has 0 aromatic rings. The first-order valence-electron chi connectivity index (χ1n) is 3.59. The highest BCUT2D eigenvalue weighted by atomic mass is 35.7. The average molecular weight is 215 g/mol. The van der Waals surface area contributed by atoms with Gasteiger partial charge in [0.2, 0.25) is 9.05 Å². The summed E-state index contributed by atoms with van der Waals surface area (Å²) in [4.78, 5) is 0. The molecule has 0 bridgehead atoms. The lowest BCUT2D eigenvalue weighted by Crippen LogP contribution is -2.41. The van der Waals surface area contributed by atoms with E-state index in [1.165, 1.54) is 7.11 Å². The largest absolute Gasteiger partial charge is 0.379 e. The first-order valence-corrected chi connectivity index (χ1v) is 5.97. The second-order valence-corrected chi connectivity index (χ2v) is 5.50. The normalized spacial score (nSPS) is 31.8. The summed E-state index contributed by atoms with van der Waals surface area (Å²) < 4.78 is 32.0. The van der Waals surface area contributed by atoms with Gasteiger partial charge in [-0.2, -0.15) is 0 Å². The van der Waals surface area contributed by atoms with Crippen LogP contribution in [0.4, 0.5) is 0 Å². The lowest BCUT2D eigenvalue weighted by atomic mass is 10.2. The maximum atomic E-state index is 11.0. The van der Waals surface area contributed by atoms with Crippen LogP contribution in [0.15, 0.2) is 0 Å². The first kappa shape index (κ1) is 10.2. The molecule has 2 unspecified atom stereocenters. The molecule has 0 aromatic carbocycles. The predicted octanol–water partition coefficient (Wildman–Crippen LogP) is 0.359. The van der Waals surface area contributed by atoms with Crippen molar-refractivity contribution in [2.45, 2.75) is 17.8 Å². The fourth-order valence-corrected chi connectivity index (χ4v) is 2.78. The molecule has 0 amide bonds. The van der Waals surface area contributed by atoms with Crippen molar-refractivity contribution in [3.05, 3.63) is 0 Å². The highest BCUT2D eigenvalue weighted by Crippen LogP contribution is 2.21. The molecule has 72 valence electrons. The standard InChI is InChI=1S/C6H11ClO4S/c1-10-5-4-11-3-2-6(5)12(7,8)9/h5-6H,2-4H2,1H3. The smallest absolute Gasteiger partial charge is 0.238 e. The summed E-state index contributed by atoms with van der Waals surface area (Å²) >= 11 is 0. The van der Waals surface area contributed by atoms with E-state index < -0.39 is 20.4 Å². The third-order valence-electron chi connectivity index (χ3n) is 1.91. The summed E-state index contributed by atoms with van der Waals surface area (Å²) in [5.74, 6) is 0. The molecule has 12 heavy (non-hydrogen) atoms. The van der Waals surface area contributed by atoms with Gasteiger partial charge < -0.3 is 9.47 Å². The fourth-order valence-electron chi connectivity index (χ4n) is 1.23. The van der Waals surface area contributed by atoms with Crippen molar-refractivity contribution in [3.63, 3.8) is 0 Å². The SMILES string of the molecule is COC1COCCC1S(=O)(=O)Cl. The van der Waals surface area contributed by atoms with E-state index in [2.05, 4.69) is 0 Å². The molecule has 0 N–H and O–H groups in total. The molecule has 0 aromatic heterocycles. The van der Waals surface area contributed by atoms with Crippen LogP contribution in [0, 0.1) is 0 Å². The number of methoxy groups -OCH3 is 1. The van der Waals surface area contributed by atoms with Crippen molar-refractivity contribution in [2.24, 2.45) is 0 Å². The summed E-state index contributed by atoms with van der Waals surface area (Å²) in [6, 6.07) is 0. The maximum absolute atomic E-state index is 11.0. The highest BCUT2D eigenvalue weighted by Gasteiger charge is 2.34. The quantitative estimate of drug-likeness (QED) is 0.623. The number of rotatable bonds is 2. The molecule has 4 nitrogen and oxygen atoms in total. The van der Waals surface area contributed by atoms with E-state index >= 15 is 0 Å². The predicted molar refractivity (Wildman–Crippen MR) is 44.8 cm³/mol. The molecule has 1 rings (SSSR count). The zero-order valence-electron chi connectivity index (χ0n) is 6.70. The van der Waals surface area contributed by atoms with E-state index in [1.807, 2.05) is 0 Å². The summed E-state index contributed by atoms with van der Waals surface area (Å²) in [5.41, 5.74) is 0. The molecule has 1 fully saturated rings. The Hall–Kier alpha value is 0.160. The van der Waals surface area contributed by atoms with Crippen LogP contribution < -0.4 is 0 Å². The summed E-state index contributed by atoms with van der Waals surface area (Å²) in [6.07, 6.45) is -0.0223. The van der Waals surface area contributed by atoms with Crippen LogP contribution in [0.2, 0.25) is 0 Å². The Morgan fingerprint density at radius 3 is 2.67 bits per heavy atom. The Labute approximate surface area is 76.2 Å². The van der Waals surface area contributed by atoms with E-state index in [1.54, 1.807) is 0 Å². The number of halogens is 1. The van der Waals surface area contributed by atoms with Gasteiger partial charge in [-0.1, -0.05) is 0 Å². The molecular weight excluding hydrogens is 204 g/mol. The Bertz CT molecular complexity index is 238. The molecule has 0 spiro atoms. The van der Waals surface area contributed by atoms with Gasteiger partial charge in [-0.25, -0.2) is 8.42 Å². The molecule has 2 atom stereocenters. The average Bonchev–Trinajstić information content (AvgIpc) is 2.03. The van der Waals surface area contributed by atoms with Crippen molar-refractivity contribution in [2.75, 3.05) is 20.3 Å². The van der Waals surface area contributed by atoms with Gasteiger partial charge in [0.1, 0.15) is 5.25 Å². The van der Waals surface area contributed by atoms with Crippen LogP contribution in [0.5, 0.6) is 0 Å². The second kappa shape index (κ2) is 3.91. The number of ether oxygens (including phenoxy) is 2. The molecule has 1 saturated heterocycles. The van der Waals surface area contributed by atoms with Crippen LogP contribution in [-0.4, -0.2) is 40.1 Å². The van der Waals surface area contributed by atoms with Gasteiger partial charge in [-0.3, -0.25) is 0 Å². The van der Waals surface area contributed by atoms with Crippen molar-refractivity contribution in [3.8, 4) is 0 Å². The topological polar surface area (TPSA) is 52.6 Å². The lowest BCUT2D eigenvalue weighted by molar-refractivity contribution is -0.0259. The molecule has 0 aliphatic carbocycles. The molecule has 0 saturated carbocycles.